The average molecular weight is 335 g/mol. The second-order valence-electron chi connectivity index (χ2n) is 4.08. The van der Waals surface area contributed by atoms with Crippen molar-refractivity contribution >= 4 is 41.1 Å². The number of thioether (sulfide) groups is 1. The van der Waals surface area contributed by atoms with Gasteiger partial charge >= 0.3 is 12.0 Å². The van der Waals surface area contributed by atoms with Gasteiger partial charge in [0.05, 0.1) is 12.1 Å². The predicted octanol–water partition coefficient (Wildman–Crippen LogP) is 2.90. The van der Waals surface area contributed by atoms with Crippen LogP contribution in [0.25, 0.3) is 0 Å². The number of anilines is 1. The van der Waals surface area contributed by atoms with Crippen molar-refractivity contribution in [2.75, 3.05) is 24.4 Å². The Hall–Kier alpha value is -1.47. The van der Waals surface area contributed by atoms with Crippen molar-refractivity contribution in [2.45, 2.75) is 12.5 Å². The number of carbonyl (C=O) groups is 2. The summed E-state index contributed by atoms with van der Waals surface area (Å²) in [4.78, 5) is 23.4. The van der Waals surface area contributed by atoms with Gasteiger partial charge in [0.2, 0.25) is 0 Å². The number of amides is 2. The van der Waals surface area contributed by atoms with E-state index in [1.807, 2.05) is 6.26 Å². The van der Waals surface area contributed by atoms with Crippen LogP contribution in [0.4, 0.5) is 14.9 Å². The molecule has 0 spiro atoms. The van der Waals surface area contributed by atoms with Crippen LogP contribution in [0.1, 0.15) is 6.42 Å². The van der Waals surface area contributed by atoms with Crippen molar-refractivity contribution in [1.29, 1.82) is 0 Å². The minimum absolute atomic E-state index is 0.0975. The van der Waals surface area contributed by atoms with E-state index in [0.29, 0.717) is 17.9 Å². The van der Waals surface area contributed by atoms with Crippen LogP contribution >= 0.6 is 23.4 Å². The van der Waals surface area contributed by atoms with Gasteiger partial charge in [0, 0.05) is 5.69 Å². The summed E-state index contributed by atoms with van der Waals surface area (Å²) in [5.41, 5.74) is 0.326. The molecule has 0 aromatic heterocycles. The van der Waals surface area contributed by atoms with Gasteiger partial charge in [-0.15, -0.1) is 0 Å². The van der Waals surface area contributed by atoms with Gasteiger partial charge in [0.1, 0.15) is 11.9 Å². The highest BCUT2D eigenvalue weighted by molar-refractivity contribution is 7.98. The first-order valence-electron chi connectivity index (χ1n) is 6.07. The van der Waals surface area contributed by atoms with E-state index in [-0.39, 0.29) is 5.02 Å². The third kappa shape index (κ3) is 5.81. The molecule has 0 unspecified atom stereocenters. The van der Waals surface area contributed by atoms with Gasteiger partial charge in [0.15, 0.2) is 0 Å². The van der Waals surface area contributed by atoms with Crippen LogP contribution in [0.15, 0.2) is 18.2 Å². The molecule has 0 saturated heterocycles. The van der Waals surface area contributed by atoms with Crippen LogP contribution in [-0.4, -0.2) is 37.2 Å². The first-order valence-corrected chi connectivity index (χ1v) is 7.84. The van der Waals surface area contributed by atoms with Gasteiger partial charge in [-0.1, -0.05) is 11.6 Å². The minimum atomic E-state index is -0.738. The maximum Gasteiger partial charge on any atom is 0.328 e. The number of hydrogen-bond donors (Lipinski definition) is 2. The molecule has 2 N–H and O–H groups in total. The molecule has 0 aliphatic rings. The summed E-state index contributed by atoms with van der Waals surface area (Å²) in [7, 11) is 1.26. The van der Waals surface area contributed by atoms with Crippen LogP contribution < -0.4 is 10.6 Å². The molecule has 1 aromatic carbocycles. The number of hydrogen-bond acceptors (Lipinski definition) is 4. The molecule has 0 fully saturated rings. The molecule has 0 radical (unpaired) electrons. The number of benzene rings is 1. The number of nitrogens with one attached hydrogen (secondary N) is 2. The topological polar surface area (TPSA) is 67.4 Å². The average Bonchev–Trinajstić information content (AvgIpc) is 2.46. The standard InChI is InChI=1S/C13H16ClFN2O3S/c1-20-12(18)11(5-6-21-2)17-13(19)16-8-3-4-10(15)9(14)7-8/h3-4,7,11H,5-6H2,1-2H3,(H2,16,17,19)/t11-/m0/s1. The lowest BCUT2D eigenvalue weighted by Gasteiger charge is -2.16. The molecule has 1 aromatic rings. The summed E-state index contributed by atoms with van der Waals surface area (Å²) >= 11 is 7.17. The molecule has 0 aliphatic heterocycles. The van der Waals surface area contributed by atoms with Crippen LogP contribution in [-0.2, 0) is 9.53 Å². The van der Waals surface area contributed by atoms with Gasteiger partial charge < -0.3 is 15.4 Å². The normalized spacial score (nSPS) is 11.6. The highest BCUT2D eigenvalue weighted by Crippen LogP contribution is 2.19. The predicted molar refractivity (Wildman–Crippen MR) is 82.4 cm³/mol. The fourth-order valence-corrected chi connectivity index (χ4v) is 2.18. The smallest absolute Gasteiger partial charge is 0.328 e. The van der Waals surface area contributed by atoms with Gasteiger partial charge in [0.25, 0.3) is 0 Å². The Kier molecular flexibility index (Phi) is 7.31. The zero-order valence-corrected chi connectivity index (χ0v) is 13.2. The highest BCUT2D eigenvalue weighted by Gasteiger charge is 2.21. The van der Waals surface area contributed by atoms with E-state index in [0.717, 1.165) is 6.07 Å². The van der Waals surface area contributed by atoms with E-state index in [9.17, 15) is 14.0 Å². The molecule has 0 aliphatic carbocycles. The van der Waals surface area contributed by atoms with Crippen LogP contribution in [0.2, 0.25) is 5.02 Å². The van der Waals surface area contributed by atoms with Gasteiger partial charge in [-0.2, -0.15) is 11.8 Å². The van der Waals surface area contributed by atoms with Gasteiger partial charge in [-0.3, -0.25) is 0 Å². The number of rotatable bonds is 6. The van der Waals surface area contributed by atoms with E-state index >= 15 is 0 Å². The van der Waals surface area contributed by atoms with E-state index in [1.165, 1.54) is 19.2 Å². The van der Waals surface area contributed by atoms with E-state index in [4.69, 9.17) is 11.6 Å². The molecule has 21 heavy (non-hydrogen) atoms. The van der Waals surface area contributed by atoms with E-state index in [2.05, 4.69) is 15.4 Å². The Labute approximate surface area is 131 Å². The third-order valence-electron chi connectivity index (χ3n) is 2.58. The number of ether oxygens (including phenoxy) is 1. The summed E-state index contributed by atoms with van der Waals surface area (Å²) in [5.74, 6) is -0.394. The van der Waals surface area contributed by atoms with Gasteiger partial charge in [-0.25, -0.2) is 14.0 Å². The second kappa shape index (κ2) is 8.74. The third-order valence-corrected chi connectivity index (χ3v) is 3.51. The molecule has 0 bridgehead atoms. The SMILES string of the molecule is COC(=O)[C@H](CCSC)NC(=O)Nc1ccc(F)c(Cl)c1. The van der Waals surface area contributed by atoms with Crippen molar-refractivity contribution in [1.82, 2.24) is 5.32 Å². The maximum absolute atomic E-state index is 13.0. The first kappa shape index (κ1) is 17.6. The summed E-state index contributed by atoms with van der Waals surface area (Å²) < 4.78 is 17.6. The van der Waals surface area contributed by atoms with Crippen LogP contribution in [0, 0.1) is 5.82 Å². The van der Waals surface area contributed by atoms with Crippen molar-refractivity contribution in [3.8, 4) is 0 Å². The summed E-state index contributed by atoms with van der Waals surface area (Å²) in [6, 6.07) is 2.47. The number of esters is 1. The molecular formula is C13H16ClFN2O3S. The molecular weight excluding hydrogens is 319 g/mol. The maximum atomic E-state index is 13.0. The molecule has 2 amide bonds. The fraction of sp³-hybridized carbons (Fsp3) is 0.385. The minimum Gasteiger partial charge on any atom is -0.467 e. The fourth-order valence-electron chi connectivity index (χ4n) is 1.53. The molecule has 0 saturated carbocycles. The summed E-state index contributed by atoms with van der Waals surface area (Å²) in [5, 5.41) is 4.89. The van der Waals surface area contributed by atoms with Crippen molar-refractivity contribution < 1.29 is 18.7 Å². The molecule has 5 nitrogen and oxygen atoms in total. The van der Waals surface area contributed by atoms with Crippen molar-refractivity contribution in [3.05, 3.63) is 29.0 Å². The lowest BCUT2D eigenvalue weighted by Crippen LogP contribution is -2.44. The monoisotopic (exact) mass is 334 g/mol. The lowest BCUT2D eigenvalue weighted by molar-refractivity contribution is -0.142. The number of halogens is 2. The number of urea groups is 1. The Balaban J connectivity index is 2.64. The lowest BCUT2D eigenvalue weighted by atomic mass is 10.2. The van der Waals surface area contributed by atoms with Crippen LogP contribution in [0.3, 0.4) is 0 Å². The Morgan fingerprint density at radius 1 is 1.48 bits per heavy atom. The molecule has 116 valence electrons. The van der Waals surface area contributed by atoms with E-state index < -0.39 is 23.9 Å². The van der Waals surface area contributed by atoms with E-state index in [1.54, 1.807) is 11.8 Å². The summed E-state index contributed by atoms with van der Waals surface area (Å²) in [6.45, 7) is 0. The second-order valence-corrected chi connectivity index (χ2v) is 5.48. The Bertz CT molecular complexity index is 516. The Morgan fingerprint density at radius 3 is 2.76 bits per heavy atom. The molecule has 8 heteroatoms. The quantitative estimate of drug-likeness (QED) is 0.785. The van der Waals surface area contributed by atoms with Gasteiger partial charge in [-0.05, 0) is 36.6 Å². The number of methoxy groups -OCH3 is 1. The number of carbonyl (C=O) groups excluding carboxylic acids is 2. The zero-order valence-electron chi connectivity index (χ0n) is 11.6. The van der Waals surface area contributed by atoms with Crippen molar-refractivity contribution in [2.24, 2.45) is 0 Å². The molecule has 1 atom stereocenters. The van der Waals surface area contributed by atoms with Crippen molar-refractivity contribution in [3.63, 3.8) is 0 Å². The molecule has 1 rings (SSSR count). The highest BCUT2D eigenvalue weighted by atomic mass is 35.5. The largest absolute Gasteiger partial charge is 0.467 e. The Morgan fingerprint density at radius 2 is 2.19 bits per heavy atom. The zero-order chi connectivity index (χ0) is 15.8. The molecule has 0 heterocycles. The van der Waals surface area contributed by atoms with Crippen LogP contribution in [0.5, 0.6) is 0 Å². The first-order chi connectivity index (χ1) is 9.97. The summed E-state index contributed by atoms with van der Waals surface area (Å²) in [6.07, 6.45) is 2.35.